The lowest BCUT2D eigenvalue weighted by Gasteiger charge is -2.19. The number of ether oxygens (including phenoxy) is 4. The van der Waals surface area contributed by atoms with Crippen LogP contribution in [0.2, 0.25) is 0 Å². The molecule has 156 valence electrons. The molecule has 1 aromatic carbocycles. The fourth-order valence-electron chi connectivity index (χ4n) is 3.13. The molecule has 3 rings (SSSR count). The van der Waals surface area contributed by atoms with E-state index in [1.54, 1.807) is 6.92 Å². The van der Waals surface area contributed by atoms with Crippen LogP contribution in [0.1, 0.15) is 23.8 Å². The number of carbonyl (C=O) groups is 1. The number of aromatic nitrogens is 2. The second kappa shape index (κ2) is 9.64. The molecule has 1 fully saturated rings. The molecule has 0 radical (unpaired) electrons. The van der Waals surface area contributed by atoms with E-state index in [4.69, 9.17) is 18.9 Å². The average molecular weight is 404 g/mol. The van der Waals surface area contributed by atoms with Gasteiger partial charge in [-0.1, -0.05) is 30.3 Å². The summed E-state index contributed by atoms with van der Waals surface area (Å²) in [6.07, 6.45) is -0.183. The number of aryl methyl sites for hydroxylation is 1. The summed E-state index contributed by atoms with van der Waals surface area (Å²) in [5.41, 5.74) is 0.348. The molecule has 1 saturated heterocycles. The van der Waals surface area contributed by atoms with E-state index in [2.05, 4.69) is 4.98 Å². The van der Waals surface area contributed by atoms with E-state index >= 15 is 0 Å². The van der Waals surface area contributed by atoms with Gasteiger partial charge in [0.15, 0.2) is 0 Å². The van der Waals surface area contributed by atoms with Crippen LogP contribution in [0.15, 0.2) is 46.1 Å². The van der Waals surface area contributed by atoms with Crippen molar-refractivity contribution in [2.45, 2.75) is 38.4 Å². The number of nitrogens with one attached hydrogen (secondary N) is 1. The second-order valence-electron chi connectivity index (χ2n) is 6.81. The Morgan fingerprint density at radius 3 is 2.76 bits per heavy atom. The van der Waals surface area contributed by atoms with Crippen LogP contribution in [0.3, 0.4) is 0 Å². The molecule has 0 aliphatic carbocycles. The number of benzene rings is 1. The molecule has 9 nitrogen and oxygen atoms in total. The molecular weight excluding hydrogens is 380 g/mol. The third kappa shape index (κ3) is 5.41. The highest BCUT2D eigenvalue weighted by Crippen LogP contribution is 2.30. The fraction of sp³-hybridized carbons (Fsp3) is 0.450. The molecule has 0 bridgehead atoms. The number of H-pyrrole nitrogens is 1. The van der Waals surface area contributed by atoms with Crippen molar-refractivity contribution in [3.8, 4) is 0 Å². The van der Waals surface area contributed by atoms with E-state index in [1.165, 1.54) is 17.9 Å². The van der Waals surface area contributed by atoms with Crippen molar-refractivity contribution in [2.75, 3.05) is 20.3 Å². The monoisotopic (exact) mass is 404 g/mol. The van der Waals surface area contributed by atoms with Gasteiger partial charge in [-0.05, 0) is 12.5 Å². The molecule has 0 spiro atoms. The molecular formula is C20H24N2O7. The Bertz CT molecular complexity index is 938. The van der Waals surface area contributed by atoms with Gasteiger partial charge in [0.2, 0.25) is 0 Å². The van der Waals surface area contributed by atoms with Crippen LogP contribution >= 0.6 is 0 Å². The zero-order valence-electron chi connectivity index (χ0n) is 16.3. The maximum Gasteiger partial charge on any atom is 0.332 e. The van der Waals surface area contributed by atoms with Crippen LogP contribution in [0, 0.1) is 6.92 Å². The number of aromatic amines is 1. The fourth-order valence-corrected chi connectivity index (χ4v) is 3.13. The molecule has 3 atom stereocenters. The number of hydrogen-bond acceptors (Lipinski definition) is 7. The molecule has 2 heterocycles. The van der Waals surface area contributed by atoms with Gasteiger partial charge in [0, 0.05) is 25.3 Å². The molecule has 0 unspecified atom stereocenters. The van der Waals surface area contributed by atoms with Crippen molar-refractivity contribution in [2.24, 2.45) is 0 Å². The Hall–Kier alpha value is -2.75. The van der Waals surface area contributed by atoms with Crippen LogP contribution in [0.5, 0.6) is 0 Å². The van der Waals surface area contributed by atoms with Crippen LogP contribution in [-0.4, -0.2) is 48.1 Å². The van der Waals surface area contributed by atoms with E-state index in [1.807, 2.05) is 30.3 Å². The molecule has 1 aliphatic heterocycles. The number of nitrogens with zero attached hydrogens (tertiary/aromatic N) is 1. The number of carbonyl (C=O) groups excluding carboxylic acids is 1. The molecule has 0 saturated carbocycles. The summed E-state index contributed by atoms with van der Waals surface area (Å²) in [7, 11) is 1.40. The Labute approximate surface area is 167 Å². The van der Waals surface area contributed by atoms with E-state index in [9.17, 15) is 14.4 Å². The van der Waals surface area contributed by atoms with Gasteiger partial charge in [0.1, 0.15) is 25.0 Å². The van der Waals surface area contributed by atoms with Crippen molar-refractivity contribution in [3.05, 3.63) is 68.5 Å². The Morgan fingerprint density at radius 2 is 2.03 bits per heavy atom. The number of rotatable bonds is 8. The van der Waals surface area contributed by atoms with Crippen LogP contribution < -0.4 is 11.2 Å². The SMILES string of the molecule is COCC(=O)O[C@H]1C[C@H](n2cc(C)c(=O)[nH]c2=O)O[C@@H]1COCc1ccccc1. The topological polar surface area (TPSA) is 109 Å². The van der Waals surface area contributed by atoms with E-state index in [-0.39, 0.29) is 19.6 Å². The summed E-state index contributed by atoms with van der Waals surface area (Å²) in [6.45, 7) is 1.96. The molecule has 29 heavy (non-hydrogen) atoms. The number of hydrogen-bond donors (Lipinski definition) is 1. The van der Waals surface area contributed by atoms with Crippen molar-refractivity contribution in [1.82, 2.24) is 9.55 Å². The average Bonchev–Trinajstić information content (AvgIpc) is 3.08. The van der Waals surface area contributed by atoms with Gasteiger partial charge in [-0.15, -0.1) is 0 Å². The summed E-state index contributed by atoms with van der Waals surface area (Å²) in [5, 5.41) is 0. The predicted octanol–water partition coefficient (Wildman–Crippen LogP) is 0.908. The maximum absolute atomic E-state index is 12.2. The Morgan fingerprint density at radius 1 is 1.28 bits per heavy atom. The lowest BCUT2D eigenvalue weighted by atomic mass is 10.2. The molecule has 0 amide bonds. The van der Waals surface area contributed by atoms with Gasteiger partial charge in [0.25, 0.3) is 5.56 Å². The highest BCUT2D eigenvalue weighted by molar-refractivity contribution is 5.70. The number of methoxy groups -OCH3 is 1. The lowest BCUT2D eigenvalue weighted by Crippen LogP contribution is -2.33. The van der Waals surface area contributed by atoms with E-state index < -0.39 is 35.7 Å². The Balaban J connectivity index is 1.71. The van der Waals surface area contributed by atoms with E-state index in [0.29, 0.717) is 12.2 Å². The third-order valence-corrected chi connectivity index (χ3v) is 4.58. The molecule has 1 aliphatic rings. The van der Waals surface area contributed by atoms with E-state index in [0.717, 1.165) is 5.56 Å². The summed E-state index contributed by atoms with van der Waals surface area (Å²) in [5.74, 6) is -0.528. The standard InChI is InChI=1S/C20H24N2O7/c1-13-9-22(20(25)21-19(13)24)17-8-15(29-18(23)12-26-2)16(28-17)11-27-10-14-6-4-3-5-7-14/h3-7,9,15-17H,8,10-12H2,1-2H3,(H,21,24,25)/t15-,16+,17+/m0/s1. The highest BCUT2D eigenvalue weighted by Gasteiger charge is 2.39. The zero-order chi connectivity index (χ0) is 20.8. The van der Waals surface area contributed by atoms with Gasteiger partial charge in [-0.3, -0.25) is 14.3 Å². The van der Waals surface area contributed by atoms with Crippen LogP contribution in [0.25, 0.3) is 0 Å². The largest absolute Gasteiger partial charge is 0.458 e. The number of esters is 1. The van der Waals surface area contributed by atoms with Crippen molar-refractivity contribution in [1.29, 1.82) is 0 Å². The molecule has 1 aromatic heterocycles. The third-order valence-electron chi connectivity index (χ3n) is 4.58. The normalized spacial score (nSPS) is 21.2. The van der Waals surface area contributed by atoms with Crippen molar-refractivity contribution >= 4 is 5.97 Å². The highest BCUT2D eigenvalue weighted by atomic mass is 16.6. The predicted molar refractivity (Wildman–Crippen MR) is 102 cm³/mol. The molecule has 1 N–H and O–H groups in total. The molecule has 2 aromatic rings. The first-order chi connectivity index (χ1) is 14.0. The molecule has 9 heteroatoms. The summed E-state index contributed by atoms with van der Waals surface area (Å²) < 4.78 is 23.2. The minimum absolute atomic E-state index is 0.174. The lowest BCUT2D eigenvalue weighted by molar-refractivity contribution is -0.158. The van der Waals surface area contributed by atoms with Gasteiger partial charge in [-0.25, -0.2) is 9.59 Å². The van der Waals surface area contributed by atoms with Gasteiger partial charge in [0.05, 0.1) is 13.2 Å². The zero-order valence-corrected chi connectivity index (χ0v) is 16.3. The van der Waals surface area contributed by atoms with Gasteiger partial charge < -0.3 is 18.9 Å². The van der Waals surface area contributed by atoms with Gasteiger partial charge >= 0.3 is 11.7 Å². The van der Waals surface area contributed by atoms with Crippen LogP contribution in [-0.2, 0) is 30.3 Å². The quantitative estimate of drug-likeness (QED) is 0.651. The summed E-state index contributed by atoms with van der Waals surface area (Å²) in [4.78, 5) is 37.9. The second-order valence-corrected chi connectivity index (χ2v) is 6.81. The minimum atomic E-state index is -0.691. The summed E-state index contributed by atoms with van der Waals surface area (Å²) in [6, 6.07) is 9.64. The van der Waals surface area contributed by atoms with Gasteiger partial charge in [-0.2, -0.15) is 0 Å². The minimum Gasteiger partial charge on any atom is -0.458 e. The first-order valence-corrected chi connectivity index (χ1v) is 9.25. The first-order valence-electron chi connectivity index (χ1n) is 9.25. The first kappa shape index (κ1) is 21.0. The van der Waals surface area contributed by atoms with Crippen LogP contribution in [0.4, 0.5) is 0 Å². The van der Waals surface area contributed by atoms with Crippen molar-refractivity contribution < 1.29 is 23.7 Å². The summed E-state index contributed by atoms with van der Waals surface area (Å²) >= 11 is 0. The van der Waals surface area contributed by atoms with Crippen molar-refractivity contribution in [3.63, 3.8) is 0 Å². The smallest absolute Gasteiger partial charge is 0.332 e. The Kier molecular flexibility index (Phi) is 6.97. The maximum atomic E-state index is 12.2.